The van der Waals surface area contributed by atoms with E-state index in [1.807, 2.05) is 22.8 Å². The van der Waals surface area contributed by atoms with Gasteiger partial charge < -0.3 is 23.8 Å². The van der Waals surface area contributed by atoms with Gasteiger partial charge in [0.25, 0.3) is 0 Å². The van der Waals surface area contributed by atoms with Crippen LogP contribution < -0.4 is 15.0 Å². The fourth-order valence-corrected chi connectivity index (χ4v) is 4.14. The van der Waals surface area contributed by atoms with E-state index in [4.69, 9.17) is 24.6 Å². The van der Waals surface area contributed by atoms with Crippen LogP contribution in [0.2, 0.25) is 0 Å². The second-order valence-electron chi connectivity index (χ2n) is 6.60. The van der Waals surface area contributed by atoms with Crippen molar-refractivity contribution < 1.29 is 14.2 Å². The molecule has 3 heterocycles. The molecule has 0 unspecified atom stereocenters. The van der Waals surface area contributed by atoms with E-state index < -0.39 is 0 Å². The fraction of sp³-hybridized carbons (Fsp3) is 0.421. The number of nitrogens with one attached hydrogen (secondary N) is 2. The molecule has 2 aromatic heterocycles. The molecule has 154 valence electrons. The maximum atomic E-state index is 8.15. The highest BCUT2D eigenvalue weighted by atomic mass is 32.2. The summed E-state index contributed by atoms with van der Waals surface area (Å²) in [7, 11) is 3.27. The molecule has 1 fully saturated rings. The lowest BCUT2D eigenvalue weighted by Crippen LogP contribution is -2.38. The molecule has 1 saturated heterocycles. The van der Waals surface area contributed by atoms with Gasteiger partial charge in [-0.3, -0.25) is 10.3 Å². The number of benzene rings is 1. The van der Waals surface area contributed by atoms with E-state index >= 15 is 0 Å². The molecule has 4 rings (SSSR count). The van der Waals surface area contributed by atoms with E-state index in [0.717, 1.165) is 61.4 Å². The van der Waals surface area contributed by atoms with Gasteiger partial charge in [-0.15, -0.1) is 0 Å². The summed E-state index contributed by atoms with van der Waals surface area (Å²) < 4.78 is 18.2. The van der Waals surface area contributed by atoms with Crippen LogP contribution in [0.3, 0.4) is 0 Å². The first-order chi connectivity index (χ1) is 14.2. The minimum absolute atomic E-state index is 0.180. The molecule has 0 radical (unpaired) electrons. The topological polar surface area (TPSA) is 101 Å². The monoisotopic (exact) mass is 416 g/mol. The Morgan fingerprint density at radius 2 is 2.03 bits per heavy atom. The molecule has 3 aromatic rings. The number of hydrogen-bond acceptors (Lipinski definition) is 8. The van der Waals surface area contributed by atoms with E-state index in [0.29, 0.717) is 10.7 Å². The van der Waals surface area contributed by atoms with Gasteiger partial charge >= 0.3 is 0 Å². The predicted molar refractivity (Wildman–Crippen MR) is 109 cm³/mol. The Balaban J connectivity index is 1.60. The SMILES string of the molecule is COc1ccc(OC)c(Sc2nc3c([nH]2)c(=N)ncn3CCN2CCOCC2)c1. The zero-order valence-electron chi connectivity index (χ0n) is 16.5. The molecule has 1 aliphatic heterocycles. The number of fused-ring (bicyclic) bond motifs is 1. The number of morpholine rings is 1. The highest BCUT2D eigenvalue weighted by molar-refractivity contribution is 7.99. The summed E-state index contributed by atoms with van der Waals surface area (Å²) in [6, 6.07) is 5.62. The average molecular weight is 417 g/mol. The minimum Gasteiger partial charge on any atom is -0.497 e. The van der Waals surface area contributed by atoms with Crippen LogP contribution in [0.4, 0.5) is 0 Å². The molecule has 0 atom stereocenters. The Morgan fingerprint density at radius 1 is 1.21 bits per heavy atom. The maximum Gasteiger partial charge on any atom is 0.173 e. The van der Waals surface area contributed by atoms with Crippen molar-refractivity contribution >= 4 is 22.9 Å². The van der Waals surface area contributed by atoms with Gasteiger partial charge in [0.2, 0.25) is 0 Å². The zero-order chi connectivity index (χ0) is 20.2. The molecule has 29 heavy (non-hydrogen) atoms. The molecule has 1 aromatic carbocycles. The molecule has 1 aliphatic rings. The normalized spacial score (nSPS) is 15.0. The largest absolute Gasteiger partial charge is 0.497 e. The van der Waals surface area contributed by atoms with E-state index in [2.05, 4.69) is 14.9 Å². The number of ether oxygens (including phenoxy) is 3. The van der Waals surface area contributed by atoms with Crippen molar-refractivity contribution in [2.45, 2.75) is 16.6 Å². The van der Waals surface area contributed by atoms with E-state index in [1.54, 1.807) is 20.5 Å². The van der Waals surface area contributed by atoms with Crippen molar-refractivity contribution in [3.8, 4) is 11.5 Å². The third-order valence-corrected chi connectivity index (χ3v) is 5.76. The lowest BCUT2D eigenvalue weighted by molar-refractivity contribution is 0.0365. The molecule has 0 bridgehead atoms. The zero-order valence-corrected chi connectivity index (χ0v) is 17.3. The van der Waals surface area contributed by atoms with Crippen LogP contribution in [0, 0.1) is 5.41 Å². The molecule has 0 spiro atoms. The van der Waals surface area contributed by atoms with Gasteiger partial charge in [0, 0.05) is 26.2 Å². The Hall–Kier alpha value is -2.56. The molecule has 0 saturated carbocycles. The third-order valence-electron chi connectivity index (χ3n) is 4.84. The predicted octanol–water partition coefficient (Wildman–Crippen LogP) is 1.74. The summed E-state index contributed by atoms with van der Waals surface area (Å²) in [5.41, 5.74) is 1.53. The van der Waals surface area contributed by atoms with Crippen LogP contribution in [-0.2, 0) is 11.3 Å². The van der Waals surface area contributed by atoms with Crippen LogP contribution in [0.15, 0.2) is 34.6 Å². The van der Waals surface area contributed by atoms with Crippen molar-refractivity contribution in [2.75, 3.05) is 47.1 Å². The summed E-state index contributed by atoms with van der Waals surface area (Å²) in [5.74, 6) is 1.48. The third kappa shape index (κ3) is 4.39. The quantitative estimate of drug-likeness (QED) is 0.605. The lowest BCUT2D eigenvalue weighted by Gasteiger charge is -2.26. The summed E-state index contributed by atoms with van der Waals surface area (Å²) in [4.78, 5) is 15.4. The van der Waals surface area contributed by atoms with E-state index in [-0.39, 0.29) is 5.49 Å². The first-order valence-corrected chi connectivity index (χ1v) is 10.2. The number of aromatic amines is 1. The van der Waals surface area contributed by atoms with Crippen molar-refractivity contribution in [3.63, 3.8) is 0 Å². The van der Waals surface area contributed by atoms with Crippen molar-refractivity contribution in [1.29, 1.82) is 5.41 Å². The van der Waals surface area contributed by atoms with E-state index in [9.17, 15) is 0 Å². The molecular formula is C19H24N6O3S. The van der Waals surface area contributed by atoms with Gasteiger partial charge in [-0.25, -0.2) is 9.97 Å². The van der Waals surface area contributed by atoms with Crippen molar-refractivity contribution in [3.05, 3.63) is 30.0 Å². The van der Waals surface area contributed by atoms with Crippen molar-refractivity contribution in [1.82, 2.24) is 24.4 Å². The average Bonchev–Trinajstić information content (AvgIpc) is 3.18. The van der Waals surface area contributed by atoms with Gasteiger partial charge in [-0.05, 0) is 30.0 Å². The Labute approximate surface area is 172 Å². The Kier molecular flexibility index (Phi) is 6.02. The van der Waals surface area contributed by atoms with Gasteiger partial charge in [0.1, 0.15) is 17.0 Å². The van der Waals surface area contributed by atoms with Crippen LogP contribution in [0.25, 0.3) is 11.2 Å². The van der Waals surface area contributed by atoms with Crippen LogP contribution >= 0.6 is 11.8 Å². The number of hydrogen-bond donors (Lipinski definition) is 2. The summed E-state index contributed by atoms with van der Waals surface area (Å²) in [6.07, 6.45) is 1.69. The minimum atomic E-state index is 0.180. The number of aromatic nitrogens is 4. The van der Waals surface area contributed by atoms with Crippen LogP contribution in [-0.4, -0.2) is 71.5 Å². The highest BCUT2D eigenvalue weighted by Crippen LogP contribution is 2.36. The highest BCUT2D eigenvalue weighted by Gasteiger charge is 2.15. The summed E-state index contributed by atoms with van der Waals surface area (Å²) in [6.45, 7) is 5.06. The van der Waals surface area contributed by atoms with Crippen molar-refractivity contribution in [2.24, 2.45) is 0 Å². The van der Waals surface area contributed by atoms with Crippen LogP contribution in [0.1, 0.15) is 0 Å². The molecule has 0 amide bonds. The van der Waals surface area contributed by atoms with E-state index in [1.165, 1.54) is 11.8 Å². The second-order valence-corrected chi connectivity index (χ2v) is 7.63. The molecular weight excluding hydrogens is 392 g/mol. The Morgan fingerprint density at radius 3 is 2.79 bits per heavy atom. The number of H-pyrrole nitrogens is 1. The number of imidazole rings is 1. The first kappa shape index (κ1) is 19.7. The first-order valence-electron chi connectivity index (χ1n) is 9.37. The van der Waals surface area contributed by atoms with Gasteiger partial charge in [-0.2, -0.15) is 0 Å². The smallest absolute Gasteiger partial charge is 0.173 e. The van der Waals surface area contributed by atoms with Gasteiger partial charge in [0.05, 0.1) is 38.7 Å². The fourth-order valence-electron chi connectivity index (χ4n) is 3.22. The van der Waals surface area contributed by atoms with Gasteiger partial charge in [-0.1, -0.05) is 0 Å². The molecule has 2 N–H and O–H groups in total. The molecule has 0 aliphatic carbocycles. The Bertz CT molecular complexity index is 1040. The van der Waals surface area contributed by atoms with Gasteiger partial charge in [0.15, 0.2) is 16.3 Å². The molecule has 10 heteroatoms. The maximum absolute atomic E-state index is 8.15. The summed E-state index contributed by atoms with van der Waals surface area (Å²) >= 11 is 1.43. The molecule has 9 nitrogen and oxygen atoms in total. The standard InChI is InChI=1S/C19H24N6O3S/c1-26-13-3-4-14(27-2)15(11-13)29-19-22-16-17(20)21-12-25(18(16)23-19)6-5-24-7-9-28-10-8-24/h3-4,11-12,20H,5-10H2,1-2H3,(H,22,23). The lowest BCUT2D eigenvalue weighted by atomic mass is 10.3. The number of nitrogens with zero attached hydrogens (tertiary/aromatic N) is 4. The summed E-state index contributed by atoms with van der Waals surface area (Å²) in [5, 5.41) is 8.82. The number of rotatable bonds is 7. The van der Waals surface area contributed by atoms with Crippen LogP contribution in [0.5, 0.6) is 11.5 Å². The second kappa shape index (κ2) is 8.85. The number of methoxy groups -OCH3 is 2.